The molecule has 0 bridgehead atoms. The monoisotopic (exact) mass is 156 g/mol. The van der Waals surface area contributed by atoms with E-state index in [-0.39, 0.29) is 5.91 Å². The highest BCUT2D eigenvalue weighted by Gasteiger charge is 2.23. The van der Waals surface area contributed by atoms with Crippen LogP contribution in [0.25, 0.3) is 0 Å². The van der Waals surface area contributed by atoms with Crippen molar-refractivity contribution < 1.29 is 4.79 Å². The van der Waals surface area contributed by atoms with Crippen LogP contribution in [0.2, 0.25) is 0 Å². The van der Waals surface area contributed by atoms with Crippen LogP contribution < -0.4 is 5.73 Å². The number of amides is 1. The lowest BCUT2D eigenvalue weighted by Gasteiger charge is -2.17. The molecule has 0 radical (unpaired) electrons. The van der Waals surface area contributed by atoms with E-state index in [1.165, 1.54) is 12.8 Å². The van der Waals surface area contributed by atoms with Crippen molar-refractivity contribution >= 4 is 5.91 Å². The zero-order chi connectivity index (χ0) is 8.27. The maximum Gasteiger partial charge on any atom is 0.231 e. The quantitative estimate of drug-likeness (QED) is 0.618. The third kappa shape index (κ3) is 3.37. The molecule has 0 aromatic rings. The lowest BCUT2D eigenvalue weighted by Crippen LogP contribution is -2.34. The Morgan fingerprint density at radius 2 is 2.27 bits per heavy atom. The number of rotatable bonds is 5. The Balaban J connectivity index is 2.17. The van der Waals surface area contributed by atoms with Crippen molar-refractivity contribution in [2.45, 2.75) is 19.8 Å². The Bertz CT molecular complexity index is 143. The molecule has 0 aliphatic heterocycles. The van der Waals surface area contributed by atoms with Crippen LogP contribution in [0.5, 0.6) is 0 Å². The maximum atomic E-state index is 10.6. The third-order valence-electron chi connectivity index (χ3n) is 2.04. The summed E-state index contributed by atoms with van der Waals surface area (Å²) in [6.07, 6.45) is 2.66. The van der Waals surface area contributed by atoms with E-state index in [0.29, 0.717) is 6.54 Å². The number of nitrogens with zero attached hydrogens (tertiary/aromatic N) is 1. The third-order valence-corrected chi connectivity index (χ3v) is 2.04. The summed E-state index contributed by atoms with van der Waals surface area (Å²) in [6.45, 7) is 4.47. The summed E-state index contributed by atoms with van der Waals surface area (Å²) >= 11 is 0. The molecule has 1 aliphatic rings. The van der Waals surface area contributed by atoms with Crippen LogP contribution >= 0.6 is 0 Å². The first-order chi connectivity index (χ1) is 5.22. The van der Waals surface area contributed by atoms with Crippen LogP contribution in [-0.2, 0) is 4.79 Å². The number of hydrogen-bond acceptors (Lipinski definition) is 2. The summed E-state index contributed by atoms with van der Waals surface area (Å²) in [6, 6.07) is 0. The molecule has 1 aliphatic carbocycles. The topological polar surface area (TPSA) is 46.3 Å². The van der Waals surface area contributed by atoms with Gasteiger partial charge in [0, 0.05) is 6.54 Å². The van der Waals surface area contributed by atoms with E-state index in [9.17, 15) is 4.79 Å². The van der Waals surface area contributed by atoms with Gasteiger partial charge in [-0.1, -0.05) is 6.92 Å². The second kappa shape index (κ2) is 3.72. The lowest BCUT2D eigenvalue weighted by molar-refractivity contribution is -0.119. The van der Waals surface area contributed by atoms with E-state index in [1.807, 2.05) is 0 Å². The van der Waals surface area contributed by atoms with E-state index < -0.39 is 0 Å². The molecule has 1 amide bonds. The van der Waals surface area contributed by atoms with Gasteiger partial charge in [-0.3, -0.25) is 9.69 Å². The van der Waals surface area contributed by atoms with Gasteiger partial charge in [0.2, 0.25) is 5.91 Å². The molecule has 1 rings (SSSR count). The second-order valence-corrected chi connectivity index (χ2v) is 3.24. The molecule has 0 atom stereocenters. The average Bonchev–Trinajstić information content (AvgIpc) is 2.69. The highest BCUT2D eigenvalue weighted by Crippen LogP contribution is 2.29. The van der Waals surface area contributed by atoms with Crippen LogP contribution in [-0.4, -0.2) is 30.4 Å². The van der Waals surface area contributed by atoms with Crippen molar-refractivity contribution in [2.24, 2.45) is 11.7 Å². The molecule has 0 saturated heterocycles. The normalized spacial score (nSPS) is 17.3. The van der Waals surface area contributed by atoms with Crippen LogP contribution in [0, 0.1) is 5.92 Å². The molecule has 0 unspecified atom stereocenters. The lowest BCUT2D eigenvalue weighted by atomic mass is 10.3. The molecule has 2 N–H and O–H groups in total. The summed E-state index contributed by atoms with van der Waals surface area (Å²) in [4.78, 5) is 12.7. The van der Waals surface area contributed by atoms with E-state index in [2.05, 4.69) is 11.8 Å². The number of primary amides is 1. The van der Waals surface area contributed by atoms with Crippen molar-refractivity contribution in [3.63, 3.8) is 0 Å². The Kier molecular flexibility index (Phi) is 2.88. The van der Waals surface area contributed by atoms with E-state index in [0.717, 1.165) is 19.0 Å². The standard InChI is InChI=1S/C8H16N2O/c1-2-10(6-8(9)11)5-7-3-4-7/h7H,2-6H2,1H3,(H2,9,11). The summed E-state index contributed by atoms with van der Waals surface area (Å²) in [5, 5.41) is 0. The molecule has 64 valence electrons. The van der Waals surface area contributed by atoms with Crippen molar-refractivity contribution in [1.82, 2.24) is 4.90 Å². The van der Waals surface area contributed by atoms with E-state index >= 15 is 0 Å². The molecule has 0 aromatic carbocycles. The second-order valence-electron chi connectivity index (χ2n) is 3.24. The number of likely N-dealkylation sites (N-methyl/N-ethyl adjacent to an activating group) is 1. The van der Waals surface area contributed by atoms with Gasteiger partial charge in [0.15, 0.2) is 0 Å². The zero-order valence-electron chi connectivity index (χ0n) is 7.05. The Morgan fingerprint density at radius 1 is 1.64 bits per heavy atom. The van der Waals surface area contributed by atoms with Gasteiger partial charge in [-0.05, 0) is 25.3 Å². The Morgan fingerprint density at radius 3 is 2.64 bits per heavy atom. The smallest absolute Gasteiger partial charge is 0.231 e. The maximum absolute atomic E-state index is 10.6. The number of carbonyl (C=O) groups is 1. The molecular weight excluding hydrogens is 140 g/mol. The van der Waals surface area contributed by atoms with Gasteiger partial charge in [-0.25, -0.2) is 0 Å². The minimum Gasteiger partial charge on any atom is -0.369 e. The minimum atomic E-state index is -0.215. The summed E-state index contributed by atoms with van der Waals surface area (Å²) in [7, 11) is 0. The van der Waals surface area contributed by atoms with Gasteiger partial charge in [-0.15, -0.1) is 0 Å². The van der Waals surface area contributed by atoms with Gasteiger partial charge >= 0.3 is 0 Å². The Labute approximate surface area is 67.5 Å². The fraction of sp³-hybridized carbons (Fsp3) is 0.875. The fourth-order valence-corrected chi connectivity index (χ4v) is 1.19. The molecule has 3 nitrogen and oxygen atoms in total. The first kappa shape index (κ1) is 8.53. The molecule has 1 saturated carbocycles. The fourth-order valence-electron chi connectivity index (χ4n) is 1.19. The molecular formula is C8H16N2O. The highest BCUT2D eigenvalue weighted by atomic mass is 16.1. The van der Waals surface area contributed by atoms with Crippen LogP contribution in [0.1, 0.15) is 19.8 Å². The molecule has 1 fully saturated rings. The predicted octanol–water partition coefficient (Wildman–Crippen LogP) is 0.204. The molecule has 0 aromatic heterocycles. The summed E-state index contributed by atoms with van der Waals surface area (Å²) < 4.78 is 0. The van der Waals surface area contributed by atoms with Crippen molar-refractivity contribution in [3.8, 4) is 0 Å². The van der Waals surface area contributed by atoms with Gasteiger partial charge in [0.25, 0.3) is 0 Å². The first-order valence-corrected chi connectivity index (χ1v) is 4.23. The van der Waals surface area contributed by atoms with Gasteiger partial charge < -0.3 is 5.73 Å². The zero-order valence-corrected chi connectivity index (χ0v) is 7.05. The van der Waals surface area contributed by atoms with Crippen LogP contribution in [0.4, 0.5) is 0 Å². The van der Waals surface area contributed by atoms with Crippen molar-refractivity contribution in [1.29, 1.82) is 0 Å². The molecule has 0 heterocycles. The van der Waals surface area contributed by atoms with Crippen molar-refractivity contribution in [2.75, 3.05) is 19.6 Å². The summed E-state index contributed by atoms with van der Waals surface area (Å²) in [5.74, 6) is 0.627. The number of carbonyl (C=O) groups excluding carboxylic acids is 1. The SMILES string of the molecule is CCN(CC(N)=O)CC1CC1. The van der Waals surface area contributed by atoms with Crippen LogP contribution in [0.3, 0.4) is 0 Å². The number of nitrogens with two attached hydrogens (primary N) is 1. The van der Waals surface area contributed by atoms with Crippen LogP contribution in [0.15, 0.2) is 0 Å². The van der Waals surface area contributed by atoms with Crippen molar-refractivity contribution in [3.05, 3.63) is 0 Å². The molecule has 11 heavy (non-hydrogen) atoms. The average molecular weight is 156 g/mol. The summed E-state index contributed by atoms with van der Waals surface area (Å²) in [5.41, 5.74) is 5.08. The minimum absolute atomic E-state index is 0.215. The van der Waals surface area contributed by atoms with E-state index in [4.69, 9.17) is 5.73 Å². The van der Waals surface area contributed by atoms with Gasteiger partial charge in [0.1, 0.15) is 0 Å². The highest BCUT2D eigenvalue weighted by molar-refractivity contribution is 5.75. The van der Waals surface area contributed by atoms with Gasteiger partial charge in [-0.2, -0.15) is 0 Å². The van der Waals surface area contributed by atoms with E-state index in [1.54, 1.807) is 0 Å². The largest absolute Gasteiger partial charge is 0.369 e. The predicted molar refractivity (Wildman–Crippen MR) is 44.0 cm³/mol. The first-order valence-electron chi connectivity index (χ1n) is 4.23. The number of hydrogen-bond donors (Lipinski definition) is 1. The van der Waals surface area contributed by atoms with Gasteiger partial charge in [0.05, 0.1) is 6.54 Å². The molecule has 3 heteroatoms. The molecule has 0 spiro atoms. The Hall–Kier alpha value is -0.570.